The number of aromatic carboxylic acids is 1. The first-order chi connectivity index (χ1) is 22.5. The van der Waals surface area contributed by atoms with Gasteiger partial charge in [0, 0.05) is 35.0 Å². The maximum Gasteiger partial charge on any atom is 0.336 e. The lowest BCUT2D eigenvalue weighted by Crippen LogP contribution is -2.48. The molecule has 254 valence electrons. The Hall–Kier alpha value is -4.74. The Morgan fingerprint density at radius 2 is 1.69 bits per heavy atom. The van der Waals surface area contributed by atoms with Gasteiger partial charge in [-0.25, -0.2) is 4.79 Å². The van der Waals surface area contributed by atoms with E-state index in [2.05, 4.69) is 26.1 Å². The van der Waals surface area contributed by atoms with Crippen molar-refractivity contribution in [2.24, 2.45) is 17.6 Å². The lowest BCUT2D eigenvalue weighted by molar-refractivity contribution is -0.130. The highest BCUT2D eigenvalue weighted by Gasteiger charge is 2.29. The summed E-state index contributed by atoms with van der Waals surface area (Å²) in [6.07, 6.45) is 4.83. The monoisotopic (exact) mass is 674 g/mol. The Morgan fingerprint density at radius 3 is 2.31 bits per heavy atom. The molecule has 5 rings (SSSR count). The summed E-state index contributed by atoms with van der Waals surface area (Å²) in [5.41, 5.74) is 10.9. The SMILES string of the molecule is Cc1cc(C(=O)NC(C)C)ccc1-c1ccc(C[C@H](NC(=O)[C@H]2CC[C@H](CN)CC2)C(=O)Nc2cc(C(=O)O)c3cn[nH]c3c2)cc1.Cl. The van der Waals surface area contributed by atoms with Gasteiger partial charge in [0.15, 0.2) is 0 Å². The number of carboxylic acids is 1. The third kappa shape index (κ3) is 8.59. The number of hydrogen-bond acceptors (Lipinski definition) is 6. The number of carbonyl (C=O) groups is 4. The zero-order chi connectivity index (χ0) is 33.7. The molecule has 1 atom stereocenters. The van der Waals surface area contributed by atoms with Crippen LogP contribution in [0.2, 0.25) is 0 Å². The van der Waals surface area contributed by atoms with E-state index in [0.29, 0.717) is 41.8 Å². The Bertz CT molecular complexity index is 1780. The average molecular weight is 675 g/mol. The first-order valence-electron chi connectivity index (χ1n) is 16.0. The predicted molar refractivity (Wildman–Crippen MR) is 188 cm³/mol. The average Bonchev–Trinajstić information content (AvgIpc) is 3.52. The summed E-state index contributed by atoms with van der Waals surface area (Å²) in [7, 11) is 0. The molecule has 0 aliphatic heterocycles. The van der Waals surface area contributed by atoms with Crippen LogP contribution in [0.25, 0.3) is 22.0 Å². The zero-order valence-electron chi connectivity index (χ0n) is 27.3. The van der Waals surface area contributed by atoms with Crippen LogP contribution in [0.4, 0.5) is 5.69 Å². The third-order valence-electron chi connectivity index (χ3n) is 8.85. The van der Waals surface area contributed by atoms with Crippen LogP contribution >= 0.6 is 12.4 Å². The molecule has 1 fully saturated rings. The van der Waals surface area contributed by atoms with E-state index in [-0.39, 0.29) is 53.9 Å². The van der Waals surface area contributed by atoms with Crippen LogP contribution in [0.3, 0.4) is 0 Å². The third-order valence-corrected chi connectivity index (χ3v) is 8.85. The quantitative estimate of drug-likeness (QED) is 0.126. The molecule has 48 heavy (non-hydrogen) atoms. The van der Waals surface area contributed by atoms with E-state index in [9.17, 15) is 24.3 Å². The normalized spacial score (nSPS) is 16.5. The highest BCUT2D eigenvalue weighted by atomic mass is 35.5. The molecule has 3 aromatic carbocycles. The molecule has 1 heterocycles. The van der Waals surface area contributed by atoms with Crippen molar-refractivity contribution in [3.8, 4) is 11.1 Å². The Morgan fingerprint density at radius 1 is 0.979 bits per heavy atom. The standard InChI is InChI=1S/C36H42N6O5.ClH/c1-20(2)39-34(44)26-12-13-28(21(3)14-26)24-8-4-22(5-9-24)15-32(41-33(43)25-10-6-23(18-37)7-11-25)35(45)40-27-16-29(36(46)47)30-19-38-42-31(30)17-27;/h4-5,8-9,12-14,16-17,19-20,23,25,32H,6-7,10-11,15,18,37H2,1-3H3,(H,38,42)(H,39,44)(H,40,45)(H,41,43)(H,46,47);1H/t23-,25-,32-;/m0./s1. The summed E-state index contributed by atoms with van der Waals surface area (Å²) in [4.78, 5) is 51.5. The van der Waals surface area contributed by atoms with E-state index in [4.69, 9.17) is 5.73 Å². The molecule has 1 saturated carbocycles. The summed E-state index contributed by atoms with van der Waals surface area (Å²) in [5, 5.41) is 25.6. The molecular weight excluding hydrogens is 632 g/mol. The second kappa shape index (κ2) is 15.9. The highest BCUT2D eigenvalue weighted by molar-refractivity contribution is 6.06. The first kappa shape index (κ1) is 36.1. The maximum atomic E-state index is 13.7. The van der Waals surface area contributed by atoms with E-state index in [0.717, 1.165) is 35.1 Å². The fourth-order valence-corrected chi connectivity index (χ4v) is 6.22. The Labute approximate surface area is 285 Å². The number of rotatable bonds is 11. The van der Waals surface area contributed by atoms with E-state index >= 15 is 0 Å². The second-order valence-electron chi connectivity index (χ2n) is 12.7. The van der Waals surface area contributed by atoms with Gasteiger partial charge in [-0.15, -0.1) is 12.4 Å². The number of aromatic amines is 1. The molecule has 0 saturated heterocycles. The number of aromatic nitrogens is 2. The lowest BCUT2D eigenvalue weighted by Gasteiger charge is -2.28. The molecule has 12 heteroatoms. The number of amides is 3. The lowest BCUT2D eigenvalue weighted by atomic mass is 9.81. The van der Waals surface area contributed by atoms with Crippen LogP contribution in [0.5, 0.6) is 0 Å². The number of fused-ring (bicyclic) bond motifs is 1. The molecule has 3 amide bonds. The second-order valence-corrected chi connectivity index (χ2v) is 12.7. The minimum absolute atomic E-state index is 0. The van der Waals surface area contributed by atoms with Crippen molar-refractivity contribution in [1.82, 2.24) is 20.8 Å². The Balaban J connectivity index is 0.00000520. The van der Waals surface area contributed by atoms with Gasteiger partial charge in [-0.05, 0) is 105 Å². The van der Waals surface area contributed by atoms with Crippen LogP contribution < -0.4 is 21.7 Å². The predicted octanol–water partition coefficient (Wildman–Crippen LogP) is 5.23. The van der Waals surface area contributed by atoms with E-state index in [1.807, 2.05) is 57.2 Å². The van der Waals surface area contributed by atoms with Crippen molar-refractivity contribution in [2.75, 3.05) is 11.9 Å². The number of halogens is 1. The first-order valence-corrected chi connectivity index (χ1v) is 16.0. The molecule has 0 spiro atoms. The molecule has 0 radical (unpaired) electrons. The fraction of sp³-hybridized carbons (Fsp3) is 0.361. The van der Waals surface area contributed by atoms with Gasteiger partial charge in [0.1, 0.15) is 6.04 Å². The molecule has 11 nitrogen and oxygen atoms in total. The summed E-state index contributed by atoms with van der Waals surface area (Å²) in [6, 6.07) is 15.5. The summed E-state index contributed by atoms with van der Waals surface area (Å²) >= 11 is 0. The van der Waals surface area contributed by atoms with Gasteiger partial charge in [-0.2, -0.15) is 5.10 Å². The van der Waals surface area contributed by atoms with Crippen LogP contribution in [-0.2, 0) is 16.0 Å². The Kier molecular flexibility index (Phi) is 12.0. The van der Waals surface area contributed by atoms with Gasteiger partial charge in [-0.3, -0.25) is 19.5 Å². The number of carboxylic acid groups (broad SMARTS) is 1. The van der Waals surface area contributed by atoms with Crippen molar-refractivity contribution in [3.05, 3.63) is 83.0 Å². The van der Waals surface area contributed by atoms with Crippen LogP contribution in [0.1, 0.15) is 71.4 Å². The van der Waals surface area contributed by atoms with E-state index in [1.54, 1.807) is 12.1 Å². The molecule has 1 aliphatic rings. The molecule has 0 bridgehead atoms. The van der Waals surface area contributed by atoms with Gasteiger partial charge in [0.2, 0.25) is 11.8 Å². The van der Waals surface area contributed by atoms with Crippen molar-refractivity contribution < 1.29 is 24.3 Å². The fourth-order valence-electron chi connectivity index (χ4n) is 6.22. The molecule has 1 aromatic heterocycles. The number of nitrogens with one attached hydrogen (secondary N) is 4. The summed E-state index contributed by atoms with van der Waals surface area (Å²) in [5.74, 6) is -1.69. The molecule has 0 unspecified atom stereocenters. The van der Waals surface area contributed by atoms with Gasteiger partial charge in [0.05, 0.1) is 17.3 Å². The van der Waals surface area contributed by atoms with Gasteiger partial charge < -0.3 is 26.8 Å². The molecule has 1 aliphatic carbocycles. The highest BCUT2D eigenvalue weighted by Crippen LogP contribution is 2.29. The number of nitrogens with zero attached hydrogens (tertiary/aromatic N) is 1. The van der Waals surface area contributed by atoms with Crippen molar-refractivity contribution >= 4 is 52.7 Å². The van der Waals surface area contributed by atoms with Gasteiger partial charge >= 0.3 is 5.97 Å². The van der Waals surface area contributed by atoms with E-state index < -0.39 is 17.9 Å². The maximum absolute atomic E-state index is 13.7. The number of carbonyl (C=O) groups excluding carboxylic acids is 3. The van der Waals surface area contributed by atoms with Crippen molar-refractivity contribution in [1.29, 1.82) is 0 Å². The largest absolute Gasteiger partial charge is 0.478 e. The van der Waals surface area contributed by atoms with Crippen LogP contribution in [-0.4, -0.2) is 57.6 Å². The van der Waals surface area contributed by atoms with Gasteiger partial charge in [0.25, 0.3) is 5.91 Å². The topological polar surface area (TPSA) is 179 Å². The summed E-state index contributed by atoms with van der Waals surface area (Å²) < 4.78 is 0. The smallest absolute Gasteiger partial charge is 0.336 e. The van der Waals surface area contributed by atoms with Crippen molar-refractivity contribution in [2.45, 2.75) is 65.0 Å². The number of hydrogen-bond donors (Lipinski definition) is 6. The number of benzene rings is 3. The summed E-state index contributed by atoms with van der Waals surface area (Å²) in [6.45, 7) is 6.40. The number of H-pyrrole nitrogens is 1. The van der Waals surface area contributed by atoms with Crippen molar-refractivity contribution in [3.63, 3.8) is 0 Å². The number of aryl methyl sites for hydroxylation is 1. The van der Waals surface area contributed by atoms with Crippen LogP contribution in [0, 0.1) is 18.8 Å². The molecular formula is C36H43ClN6O5. The number of nitrogens with two attached hydrogens (primary N) is 1. The van der Waals surface area contributed by atoms with Crippen LogP contribution in [0.15, 0.2) is 60.8 Å². The minimum Gasteiger partial charge on any atom is -0.478 e. The van der Waals surface area contributed by atoms with Gasteiger partial charge in [-0.1, -0.05) is 30.3 Å². The minimum atomic E-state index is -1.14. The molecule has 7 N–H and O–H groups in total. The molecule has 4 aromatic rings. The number of anilines is 1. The zero-order valence-corrected chi connectivity index (χ0v) is 28.2. The van der Waals surface area contributed by atoms with E-state index in [1.165, 1.54) is 12.3 Å².